The van der Waals surface area contributed by atoms with Crippen molar-refractivity contribution in [2.75, 3.05) is 46.3 Å². The Labute approximate surface area is 111 Å². The molecule has 1 amide bonds. The molecule has 0 atom stereocenters. The molecule has 0 aromatic rings. The van der Waals surface area contributed by atoms with Crippen molar-refractivity contribution < 1.29 is 4.79 Å². The van der Waals surface area contributed by atoms with Crippen molar-refractivity contribution in [3.63, 3.8) is 0 Å². The number of piperazine rings is 1. The lowest BCUT2D eigenvalue weighted by Gasteiger charge is -2.32. The van der Waals surface area contributed by atoms with Crippen molar-refractivity contribution in [2.45, 2.75) is 32.2 Å². The summed E-state index contributed by atoms with van der Waals surface area (Å²) in [5, 5.41) is 2.96. The molecule has 0 saturated carbocycles. The lowest BCUT2D eigenvalue weighted by molar-refractivity contribution is -0.126. The summed E-state index contributed by atoms with van der Waals surface area (Å²) in [5.41, 5.74) is 5.35. The average molecular weight is 256 g/mol. The Balaban J connectivity index is 2.23. The molecular weight excluding hydrogens is 228 g/mol. The van der Waals surface area contributed by atoms with Crippen molar-refractivity contribution in [1.29, 1.82) is 0 Å². The zero-order valence-electron chi connectivity index (χ0n) is 12.0. The summed E-state index contributed by atoms with van der Waals surface area (Å²) in [6.07, 6.45) is 1.37. The van der Waals surface area contributed by atoms with Gasteiger partial charge in [-0.2, -0.15) is 0 Å². The second-order valence-corrected chi connectivity index (χ2v) is 5.26. The highest BCUT2D eigenvalue weighted by molar-refractivity contribution is 5.85. The molecule has 5 heteroatoms. The van der Waals surface area contributed by atoms with E-state index in [2.05, 4.69) is 22.2 Å². The molecule has 0 aromatic carbocycles. The topological polar surface area (TPSA) is 61.6 Å². The highest BCUT2D eigenvalue weighted by Gasteiger charge is 2.29. The third-order valence-corrected chi connectivity index (χ3v) is 4.02. The van der Waals surface area contributed by atoms with Gasteiger partial charge in [-0.25, -0.2) is 0 Å². The summed E-state index contributed by atoms with van der Waals surface area (Å²) in [6.45, 7) is 9.93. The van der Waals surface area contributed by atoms with Gasteiger partial charge in [0.2, 0.25) is 5.91 Å². The van der Waals surface area contributed by atoms with Crippen molar-refractivity contribution in [1.82, 2.24) is 15.1 Å². The largest absolute Gasteiger partial charge is 0.353 e. The first-order valence-corrected chi connectivity index (χ1v) is 7.00. The molecular formula is C13H28N4O. The number of hydrogen-bond donors (Lipinski definition) is 2. The Bertz CT molecular complexity index is 258. The maximum Gasteiger partial charge on any atom is 0.240 e. The molecule has 106 valence electrons. The summed E-state index contributed by atoms with van der Waals surface area (Å²) in [6, 6.07) is 0. The number of likely N-dealkylation sites (N-methyl/N-ethyl adjacent to an activating group) is 1. The molecule has 0 aliphatic carbocycles. The van der Waals surface area contributed by atoms with E-state index in [1.165, 1.54) is 0 Å². The highest BCUT2D eigenvalue weighted by atomic mass is 16.2. The summed E-state index contributed by atoms with van der Waals surface area (Å²) in [7, 11) is 2.14. The first kappa shape index (κ1) is 15.4. The molecule has 18 heavy (non-hydrogen) atoms. The summed E-state index contributed by atoms with van der Waals surface area (Å²) in [4.78, 5) is 16.7. The van der Waals surface area contributed by atoms with Crippen molar-refractivity contribution in [3.05, 3.63) is 0 Å². The van der Waals surface area contributed by atoms with Crippen LogP contribution in [-0.4, -0.2) is 67.6 Å². The van der Waals surface area contributed by atoms with Crippen LogP contribution in [0.25, 0.3) is 0 Å². The molecule has 1 aliphatic rings. The van der Waals surface area contributed by atoms with E-state index in [0.717, 1.165) is 32.7 Å². The highest BCUT2D eigenvalue weighted by Crippen LogP contribution is 2.10. The number of carbonyl (C=O) groups excluding carboxylic acids is 1. The third-order valence-electron chi connectivity index (χ3n) is 4.02. The van der Waals surface area contributed by atoms with E-state index in [1.54, 1.807) is 0 Å². The number of nitrogens with one attached hydrogen (secondary N) is 1. The fourth-order valence-corrected chi connectivity index (χ4v) is 2.15. The maximum absolute atomic E-state index is 12.0. The minimum absolute atomic E-state index is 0.0124. The molecule has 0 unspecified atom stereocenters. The molecule has 0 aromatic heterocycles. The van der Waals surface area contributed by atoms with Gasteiger partial charge in [0.25, 0.3) is 0 Å². The average Bonchev–Trinajstić information content (AvgIpc) is 2.40. The van der Waals surface area contributed by atoms with Gasteiger partial charge in [0.1, 0.15) is 0 Å². The van der Waals surface area contributed by atoms with E-state index in [0.29, 0.717) is 19.4 Å². The quantitative estimate of drug-likeness (QED) is 0.695. The van der Waals surface area contributed by atoms with Crippen LogP contribution in [0.2, 0.25) is 0 Å². The van der Waals surface area contributed by atoms with Gasteiger partial charge >= 0.3 is 0 Å². The van der Waals surface area contributed by atoms with Crippen LogP contribution in [0.1, 0.15) is 26.7 Å². The van der Waals surface area contributed by atoms with Gasteiger partial charge in [-0.3, -0.25) is 9.69 Å². The van der Waals surface area contributed by atoms with E-state index in [-0.39, 0.29) is 5.91 Å². The zero-order valence-corrected chi connectivity index (χ0v) is 12.0. The van der Waals surface area contributed by atoms with Gasteiger partial charge in [0.15, 0.2) is 0 Å². The lowest BCUT2D eigenvalue weighted by Crippen LogP contribution is -2.54. The Kier molecular flexibility index (Phi) is 6.05. The molecule has 1 heterocycles. The SMILES string of the molecule is CCC(N)(CC)C(=O)NCCN1CCN(C)CC1. The number of hydrogen-bond acceptors (Lipinski definition) is 4. The van der Waals surface area contributed by atoms with Gasteiger partial charge < -0.3 is 16.0 Å². The molecule has 1 fully saturated rings. The molecule has 3 N–H and O–H groups in total. The normalized spacial score (nSPS) is 18.9. The number of carbonyl (C=O) groups is 1. The number of amides is 1. The van der Waals surface area contributed by atoms with Crippen LogP contribution in [0.15, 0.2) is 0 Å². The summed E-state index contributed by atoms with van der Waals surface area (Å²) in [5.74, 6) is -0.0124. The molecule has 5 nitrogen and oxygen atoms in total. The monoisotopic (exact) mass is 256 g/mol. The van der Waals surface area contributed by atoms with Gasteiger partial charge in [-0.05, 0) is 19.9 Å². The smallest absolute Gasteiger partial charge is 0.240 e. The molecule has 1 rings (SSSR count). The molecule has 0 spiro atoms. The van der Waals surface area contributed by atoms with E-state index in [1.807, 2.05) is 13.8 Å². The Morgan fingerprint density at radius 3 is 2.28 bits per heavy atom. The third kappa shape index (κ3) is 4.23. The van der Waals surface area contributed by atoms with Crippen molar-refractivity contribution >= 4 is 5.91 Å². The van der Waals surface area contributed by atoms with Gasteiger partial charge in [-0.1, -0.05) is 13.8 Å². The lowest BCUT2D eigenvalue weighted by atomic mass is 9.93. The Hall–Kier alpha value is -0.650. The predicted molar refractivity (Wildman–Crippen MR) is 74.4 cm³/mol. The Morgan fingerprint density at radius 2 is 1.78 bits per heavy atom. The van der Waals surface area contributed by atoms with E-state index >= 15 is 0 Å². The predicted octanol–water partition coefficient (Wildman–Crippen LogP) is -0.132. The minimum Gasteiger partial charge on any atom is -0.353 e. The van der Waals surface area contributed by atoms with Crippen molar-refractivity contribution in [2.24, 2.45) is 5.73 Å². The van der Waals surface area contributed by atoms with Gasteiger partial charge in [0.05, 0.1) is 5.54 Å². The number of nitrogens with two attached hydrogens (primary N) is 1. The van der Waals surface area contributed by atoms with Crippen LogP contribution in [0, 0.1) is 0 Å². The molecule has 1 aliphatic heterocycles. The first-order chi connectivity index (χ1) is 8.51. The van der Waals surface area contributed by atoms with E-state index < -0.39 is 5.54 Å². The van der Waals surface area contributed by atoms with Crippen LogP contribution in [0.3, 0.4) is 0 Å². The number of nitrogens with zero attached hydrogens (tertiary/aromatic N) is 2. The van der Waals surface area contributed by atoms with E-state index in [9.17, 15) is 4.79 Å². The summed E-state index contributed by atoms with van der Waals surface area (Å²) >= 11 is 0. The van der Waals surface area contributed by atoms with Crippen LogP contribution < -0.4 is 11.1 Å². The van der Waals surface area contributed by atoms with E-state index in [4.69, 9.17) is 5.73 Å². The maximum atomic E-state index is 12.0. The fraction of sp³-hybridized carbons (Fsp3) is 0.923. The zero-order chi connectivity index (χ0) is 13.6. The standard InChI is InChI=1S/C13H28N4O/c1-4-13(14,5-2)12(18)15-6-7-17-10-8-16(3)9-11-17/h4-11,14H2,1-3H3,(H,15,18). The van der Waals surface area contributed by atoms with Crippen LogP contribution in [0.5, 0.6) is 0 Å². The minimum atomic E-state index is -0.692. The second-order valence-electron chi connectivity index (χ2n) is 5.26. The molecule has 0 bridgehead atoms. The first-order valence-electron chi connectivity index (χ1n) is 7.00. The van der Waals surface area contributed by atoms with Crippen molar-refractivity contribution in [3.8, 4) is 0 Å². The summed E-state index contributed by atoms with van der Waals surface area (Å²) < 4.78 is 0. The second kappa shape index (κ2) is 7.07. The molecule has 0 radical (unpaired) electrons. The Morgan fingerprint density at radius 1 is 1.22 bits per heavy atom. The molecule has 1 saturated heterocycles. The fourth-order valence-electron chi connectivity index (χ4n) is 2.15. The van der Waals surface area contributed by atoms with Gasteiger partial charge in [-0.15, -0.1) is 0 Å². The van der Waals surface area contributed by atoms with Crippen LogP contribution in [0.4, 0.5) is 0 Å². The van der Waals surface area contributed by atoms with Crippen LogP contribution in [-0.2, 0) is 4.79 Å². The van der Waals surface area contributed by atoms with Gasteiger partial charge in [0, 0.05) is 39.3 Å². The number of rotatable bonds is 6. The van der Waals surface area contributed by atoms with Crippen LogP contribution >= 0.6 is 0 Å².